The molecule has 170 valence electrons. The van der Waals surface area contributed by atoms with Crippen molar-refractivity contribution in [2.75, 3.05) is 32.6 Å². The first kappa shape index (κ1) is 22.8. The van der Waals surface area contributed by atoms with Gasteiger partial charge in [0.1, 0.15) is 10.6 Å². The van der Waals surface area contributed by atoms with Crippen molar-refractivity contribution in [3.8, 4) is 11.4 Å². The highest BCUT2D eigenvalue weighted by Gasteiger charge is 2.23. The van der Waals surface area contributed by atoms with Gasteiger partial charge < -0.3 is 14.8 Å². The number of hydrogen-bond donors (Lipinski definition) is 1. The normalized spacial score (nSPS) is 13.2. The fraction of sp³-hybridized carbons (Fsp3) is 0.435. The number of carbonyl (C=O) groups is 1. The summed E-state index contributed by atoms with van der Waals surface area (Å²) in [6, 6.07) is 7.43. The van der Waals surface area contributed by atoms with Crippen LogP contribution in [0.5, 0.6) is 5.75 Å². The lowest BCUT2D eigenvalue weighted by Gasteiger charge is -2.14. The average molecular weight is 474 g/mol. The highest BCUT2D eigenvalue weighted by molar-refractivity contribution is 7.99. The second-order valence-electron chi connectivity index (χ2n) is 7.48. The number of hydrogen-bond acceptors (Lipinski definition) is 7. The van der Waals surface area contributed by atoms with Crippen molar-refractivity contribution in [2.45, 2.75) is 37.8 Å². The Bertz CT molecular complexity index is 1150. The van der Waals surface area contributed by atoms with Crippen LogP contribution in [0.2, 0.25) is 0 Å². The molecule has 4 rings (SSSR count). The van der Waals surface area contributed by atoms with Gasteiger partial charge in [-0.1, -0.05) is 11.8 Å². The zero-order valence-electron chi connectivity index (χ0n) is 18.3. The van der Waals surface area contributed by atoms with E-state index in [-0.39, 0.29) is 17.2 Å². The molecule has 0 saturated carbocycles. The summed E-state index contributed by atoms with van der Waals surface area (Å²) in [6.45, 7) is 3.42. The van der Waals surface area contributed by atoms with Gasteiger partial charge in [-0.25, -0.2) is 4.98 Å². The predicted molar refractivity (Wildman–Crippen MR) is 129 cm³/mol. The number of nitrogens with zero attached hydrogens (tertiary/aromatic N) is 2. The third-order valence-corrected chi connectivity index (χ3v) is 7.45. The van der Waals surface area contributed by atoms with E-state index in [2.05, 4.69) is 5.32 Å². The minimum Gasteiger partial charge on any atom is -0.494 e. The highest BCUT2D eigenvalue weighted by atomic mass is 32.2. The van der Waals surface area contributed by atoms with Crippen LogP contribution in [0.1, 0.15) is 30.2 Å². The van der Waals surface area contributed by atoms with Gasteiger partial charge in [-0.15, -0.1) is 11.3 Å². The molecule has 0 atom stereocenters. The van der Waals surface area contributed by atoms with Crippen LogP contribution in [0.4, 0.5) is 0 Å². The van der Waals surface area contributed by atoms with E-state index in [0.717, 1.165) is 47.2 Å². The van der Waals surface area contributed by atoms with Gasteiger partial charge in [0.25, 0.3) is 5.56 Å². The molecule has 1 aliphatic rings. The fourth-order valence-electron chi connectivity index (χ4n) is 3.84. The van der Waals surface area contributed by atoms with Gasteiger partial charge in [-0.2, -0.15) is 0 Å². The lowest BCUT2D eigenvalue weighted by Crippen LogP contribution is -2.29. The molecule has 0 bridgehead atoms. The number of thioether (sulfide) groups is 1. The number of thiophene rings is 1. The lowest BCUT2D eigenvalue weighted by molar-refractivity contribution is -0.118. The number of methoxy groups -OCH3 is 1. The summed E-state index contributed by atoms with van der Waals surface area (Å²) in [5.41, 5.74) is 1.80. The smallest absolute Gasteiger partial charge is 0.267 e. The van der Waals surface area contributed by atoms with Gasteiger partial charge in [0, 0.05) is 18.5 Å². The first-order chi connectivity index (χ1) is 15.6. The molecule has 3 aromatic rings. The molecule has 1 amide bonds. The van der Waals surface area contributed by atoms with Crippen molar-refractivity contribution in [1.29, 1.82) is 0 Å². The SMILES string of the molecule is CCOc1ccc(-n2c(SCC(=O)NCCOC)nc3sc4c(c3c2=O)CCCC4)cc1. The summed E-state index contributed by atoms with van der Waals surface area (Å²) in [4.78, 5) is 32.9. The number of rotatable bonds is 9. The quantitative estimate of drug-likeness (QED) is 0.291. The van der Waals surface area contributed by atoms with E-state index in [9.17, 15) is 9.59 Å². The van der Waals surface area contributed by atoms with E-state index in [1.165, 1.54) is 16.6 Å². The predicted octanol–water partition coefficient (Wildman–Crippen LogP) is 3.58. The van der Waals surface area contributed by atoms with Crippen molar-refractivity contribution in [3.05, 3.63) is 45.1 Å². The number of ether oxygens (including phenoxy) is 2. The van der Waals surface area contributed by atoms with E-state index < -0.39 is 0 Å². The highest BCUT2D eigenvalue weighted by Crippen LogP contribution is 2.35. The Hall–Kier alpha value is -2.36. The number of aromatic nitrogens is 2. The van der Waals surface area contributed by atoms with Crippen molar-refractivity contribution in [3.63, 3.8) is 0 Å². The number of benzene rings is 1. The summed E-state index contributed by atoms with van der Waals surface area (Å²) < 4.78 is 12.2. The molecule has 9 heteroatoms. The topological polar surface area (TPSA) is 82.4 Å². The summed E-state index contributed by atoms with van der Waals surface area (Å²) in [6.07, 6.45) is 4.17. The van der Waals surface area contributed by atoms with Crippen LogP contribution >= 0.6 is 23.1 Å². The van der Waals surface area contributed by atoms with Gasteiger partial charge in [0.05, 0.1) is 30.0 Å². The molecule has 0 radical (unpaired) electrons. The lowest BCUT2D eigenvalue weighted by atomic mass is 9.97. The van der Waals surface area contributed by atoms with Gasteiger partial charge in [0.15, 0.2) is 5.16 Å². The van der Waals surface area contributed by atoms with Crippen molar-refractivity contribution < 1.29 is 14.3 Å². The number of carbonyl (C=O) groups excluding carboxylic acids is 1. The maximum atomic E-state index is 13.7. The first-order valence-electron chi connectivity index (χ1n) is 10.8. The number of nitrogens with one attached hydrogen (secondary N) is 1. The first-order valence-corrected chi connectivity index (χ1v) is 12.6. The summed E-state index contributed by atoms with van der Waals surface area (Å²) in [5.74, 6) is 0.798. The third-order valence-electron chi connectivity index (χ3n) is 5.32. The molecule has 0 unspecified atom stereocenters. The molecule has 7 nitrogen and oxygen atoms in total. The van der Waals surface area contributed by atoms with E-state index in [0.29, 0.717) is 30.6 Å². The molecule has 0 aliphatic heterocycles. The zero-order chi connectivity index (χ0) is 22.5. The molecule has 2 aromatic heterocycles. The van der Waals surface area contributed by atoms with E-state index in [4.69, 9.17) is 14.5 Å². The Morgan fingerprint density at radius 2 is 2.03 bits per heavy atom. The molecule has 0 fully saturated rings. The van der Waals surface area contributed by atoms with Crippen molar-refractivity contribution in [2.24, 2.45) is 0 Å². The Morgan fingerprint density at radius 1 is 1.25 bits per heavy atom. The number of fused-ring (bicyclic) bond motifs is 3. The molecular weight excluding hydrogens is 446 g/mol. The van der Waals surface area contributed by atoms with Gasteiger partial charge in [-0.05, 0) is 62.4 Å². The van der Waals surface area contributed by atoms with Gasteiger partial charge in [0.2, 0.25) is 5.91 Å². The van der Waals surface area contributed by atoms with Crippen LogP contribution in [-0.4, -0.2) is 48.1 Å². The van der Waals surface area contributed by atoms with Crippen LogP contribution in [0.25, 0.3) is 15.9 Å². The van der Waals surface area contributed by atoms with Crippen molar-refractivity contribution >= 4 is 39.2 Å². The second kappa shape index (κ2) is 10.5. The molecule has 1 aliphatic carbocycles. The number of aryl methyl sites for hydroxylation is 2. The Balaban J connectivity index is 1.74. The summed E-state index contributed by atoms with van der Waals surface area (Å²) in [5, 5.41) is 4.06. The van der Waals surface area contributed by atoms with Crippen LogP contribution < -0.4 is 15.6 Å². The average Bonchev–Trinajstić information content (AvgIpc) is 3.17. The van der Waals surface area contributed by atoms with E-state index >= 15 is 0 Å². The van der Waals surface area contributed by atoms with Crippen molar-refractivity contribution in [1.82, 2.24) is 14.9 Å². The maximum Gasteiger partial charge on any atom is 0.267 e. The van der Waals surface area contributed by atoms with Gasteiger partial charge >= 0.3 is 0 Å². The number of amides is 1. The third kappa shape index (κ3) is 4.84. The molecule has 0 spiro atoms. The van der Waals surface area contributed by atoms with Crippen LogP contribution in [-0.2, 0) is 22.4 Å². The Morgan fingerprint density at radius 3 is 2.78 bits per heavy atom. The molecule has 0 saturated heterocycles. The molecule has 2 heterocycles. The van der Waals surface area contributed by atoms with Gasteiger partial charge in [-0.3, -0.25) is 14.2 Å². The Labute approximate surface area is 195 Å². The Kier molecular flexibility index (Phi) is 7.49. The maximum absolute atomic E-state index is 13.7. The van der Waals surface area contributed by atoms with Crippen LogP contribution in [0, 0.1) is 0 Å². The van der Waals surface area contributed by atoms with E-state index in [1.807, 2.05) is 31.2 Å². The molecular formula is C23H27N3O4S2. The molecule has 1 aromatic carbocycles. The van der Waals surface area contributed by atoms with E-state index in [1.54, 1.807) is 23.0 Å². The minimum absolute atomic E-state index is 0.0687. The van der Waals surface area contributed by atoms with Crippen LogP contribution in [0.15, 0.2) is 34.2 Å². The second-order valence-corrected chi connectivity index (χ2v) is 9.51. The zero-order valence-corrected chi connectivity index (χ0v) is 19.9. The largest absolute Gasteiger partial charge is 0.494 e. The fourth-order valence-corrected chi connectivity index (χ4v) is 5.99. The monoisotopic (exact) mass is 473 g/mol. The molecule has 32 heavy (non-hydrogen) atoms. The summed E-state index contributed by atoms with van der Waals surface area (Å²) >= 11 is 2.89. The minimum atomic E-state index is -0.120. The van der Waals surface area contributed by atoms with Crippen LogP contribution in [0.3, 0.4) is 0 Å². The summed E-state index contributed by atoms with van der Waals surface area (Å²) in [7, 11) is 1.59. The standard InChI is InChI=1S/C23H27N3O4S2/c1-3-30-16-10-8-15(9-11-16)26-22(28)20-17-6-4-5-7-18(17)32-21(20)25-23(26)31-14-19(27)24-12-13-29-2/h8-11H,3-7,12-14H2,1-2H3,(H,24,27). The molecule has 1 N–H and O–H groups in total.